The molecule has 35 heavy (non-hydrogen) atoms. The van der Waals surface area contributed by atoms with E-state index in [-0.39, 0.29) is 22.1 Å². The number of nitrogens with zero attached hydrogens (tertiary/aromatic N) is 7. The Morgan fingerprint density at radius 3 is 2.37 bits per heavy atom. The summed E-state index contributed by atoms with van der Waals surface area (Å²) < 4.78 is 57.0. The van der Waals surface area contributed by atoms with Gasteiger partial charge < -0.3 is 5.32 Å². The van der Waals surface area contributed by atoms with Crippen LogP contribution in [-0.2, 0) is 6.18 Å². The summed E-state index contributed by atoms with van der Waals surface area (Å²) in [5, 5.41) is 14.3. The van der Waals surface area contributed by atoms with Crippen molar-refractivity contribution < 1.29 is 22.4 Å². The molecule has 0 saturated heterocycles. The smallest absolute Gasteiger partial charge is 0.320 e. The van der Waals surface area contributed by atoms with Crippen LogP contribution in [-0.4, -0.2) is 40.6 Å². The Labute approximate surface area is 194 Å². The number of pyridine rings is 2. The number of hydrogen-bond acceptors (Lipinski definition) is 6. The predicted octanol–water partition coefficient (Wildman–Crippen LogP) is 4.11. The molecule has 0 fully saturated rings. The van der Waals surface area contributed by atoms with Crippen molar-refractivity contribution in [2.24, 2.45) is 0 Å². The quantitative estimate of drug-likeness (QED) is 0.305. The van der Waals surface area contributed by atoms with Gasteiger partial charge in [0.1, 0.15) is 0 Å². The van der Waals surface area contributed by atoms with Crippen molar-refractivity contribution in [3.63, 3.8) is 0 Å². The highest BCUT2D eigenvalue weighted by Crippen LogP contribution is 2.35. The highest BCUT2D eigenvalue weighted by molar-refractivity contribution is 6.05. The molecule has 4 aromatic heterocycles. The number of aromatic nitrogens is 7. The van der Waals surface area contributed by atoms with Gasteiger partial charge in [-0.25, -0.2) is 14.6 Å². The van der Waals surface area contributed by atoms with Crippen LogP contribution in [0.25, 0.3) is 22.3 Å². The standard InChI is InChI=1S/C22H14F4N8O/c1-12-8-13(9-28-20(12)34-29-6-7-30-34)32-21(35)16-10-31-33(18(16)22(24,25)26)17-11-27-19(23)15-5-3-2-4-14(15)17/h2-11H,1H3,(H,32,35). The molecule has 1 aromatic carbocycles. The number of halogens is 4. The maximum absolute atomic E-state index is 14.1. The fraction of sp³-hybridized carbons (Fsp3) is 0.0909. The molecule has 13 heteroatoms. The lowest BCUT2D eigenvalue weighted by Gasteiger charge is -2.14. The number of hydrogen-bond donors (Lipinski definition) is 1. The third kappa shape index (κ3) is 3.96. The number of alkyl halides is 3. The van der Waals surface area contributed by atoms with E-state index in [1.165, 1.54) is 47.7 Å². The van der Waals surface area contributed by atoms with Gasteiger partial charge in [0.25, 0.3) is 5.91 Å². The third-order valence-corrected chi connectivity index (χ3v) is 5.15. The van der Waals surface area contributed by atoms with E-state index in [0.29, 0.717) is 16.1 Å². The van der Waals surface area contributed by atoms with Crippen molar-refractivity contribution in [3.8, 4) is 11.5 Å². The van der Waals surface area contributed by atoms with Crippen LogP contribution in [0.3, 0.4) is 0 Å². The highest BCUT2D eigenvalue weighted by Gasteiger charge is 2.41. The Morgan fingerprint density at radius 1 is 0.971 bits per heavy atom. The summed E-state index contributed by atoms with van der Waals surface area (Å²) in [6.45, 7) is 1.69. The molecule has 4 heterocycles. The van der Waals surface area contributed by atoms with Crippen LogP contribution in [0.2, 0.25) is 0 Å². The van der Waals surface area contributed by atoms with Gasteiger partial charge in [-0.3, -0.25) is 4.79 Å². The summed E-state index contributed by atoms with van der Waals surface area (Å²) in [4.78, 5) is 21.9. The molecule has 5 aromatic rings. The zero-order valence-electron chi connectivity index (χ0n) is 17.8. The fourth-order valence-electron chi connectivity index (χ4n) is 3.65. The molecule has 0 aliphatic rings. The second-order valence-electron chi connectivity index (χ2n) is 7.43. The SMILES string of the molecule is Cc1cc(NC(=O)c2cnn(-c3cnc(F)c4ccccc34)c2C(F)(F)F)cnc1-n1nccn1. The molecular weight excluding hydrogens is 468 g/mol. The highest BCUT2D eigenvalue weighted by atomic mass is 19.4. The van der Waals surface area contributed by atoms with Gasteiger partial charge in [-0.1, -0.05) is 18.2 Å². The molecule has 0 radical (unpaired) electrons. The summed E-state index contributed by atoms with van der Waals surface area (Å²) in [6.07, 6.45) is 0.997. The number of carbonyl (C=O) groups is 1. The Bertz CT molecular complexity index is 1560. The molecule has 0 unspecified atom stereocenters. The molecule has 1 N–H and O–H groups in total. The van der Waals surface area contributed by atoms with Gasteiger partial charge in [-0.15, -0.1) is 4.80 Å². The molecule has 0 saturated carbocycles. The number of fused-ring (bicyclic) bond motifs is 1. The topological polar surface area (TPSA) is 103 Å². The van der Waals surface area contributed by atoms with Crippen molar-refractivity contribution >= 4 is 22.4 Å². The normalized spacial score (nSPS) is 11.7. The minimum absolute atomic E-state index is 0.0212. The summed E-state index contributed by atoms with van der Waals surface area (Å²) in [5.74, 6) is -1.48. The minimum Gasteiger partial charge on any atom is -0.320 e. The summed E-state index contributed by atoms with van der Waals surface area (Å²) in [5.41, 5.74) is -1.42. The number of benzene rings is 1. The van der Waals surface area contributed by atoms with E-state index in [2.05, 4.69) is 30.6 Å². The average molecular weight is 482 g/mol. The Balaban J connectivity index is 1.54. The molecule has 0 bridgehead atoms. The van der Waals surface area contributed by atoms with Gasteiger partial charge >= 0.3 is 6.18 Å². The van der Waals surface area contributed by atoms with E-state index in [1.807, 2.05) is 0 Å². The van der Waals surface area contributed by atoms with Crippen molar-refractivity contribution in [1.82, 2.24) is 34.7 Å². The van der Waals surface area contributed by atoms with E-state index < -0.39 is 29.3 Å². The number of anilines is 1. The van der Waals surface area contributed by atoms with E-state index in [4.69, 9.17) is 0 Å². The lowest BCUT2D eigenvalue weighted by atomic mass is 10.1. The maximum atomic E-state index is 14.1. The van der Waals surface area contributed by atoms with Crippen molar-refractivity contribution in [3.05, 3.63) is 84.1 Å². The van der Waals surface area contributed by atoms with Gasteiger partial charge in [0.05, 0.1) is 47.9 Å². The first-order valence-electron chi connectivity index (χ1n) is 10.1. The lowest BCUT2D eigenvalue weighted by molar-refractivity contribution is -0.143. The Kier molecular flexibility index (Phi) is 5.23. The molecule has 0 aliphatic carbocycles. The zero-order valence-corrected chi connectivity index (χ0v) is 17.8. The van der Waals surface area contributed by atoms with Crippen molar-refractivity contribution in [2.45, 2.75) is 13.1 Å². The number of aryl methyl sites for hydroxylation is 1. The molecule has 5 rings (SSSR count). The molecule has 0 atom stereocenters. The van der Waals surface area contributed by atoms with Crippen LogP contribution in [0, 0.1) is 12.9 Å². The van der Waals surface area contributed by atoms with Crippen LogP contribution in [0.5, 0.6) is 0 Å². The fourth-order valence-corrected chi connectivity index (χ4v) is 3.65. The number of nitrogens with one attached hydrogen (secondary N) is 1. The summed E-state index contributed by atoms with van der Waals surface area (Å²) in [6, 6.07) is 7.45. The van der Waals surface area contributed by atoms with Crippen molar-refractivity contribution in [2.75, 3.05) is 5.32 Å². The second kappa shape index (κ2) is 8.27. The van der Waals surface area contributed by atoms with Crippen LogP contribution in [0.15, 0.2) is 61.3 Å². The third-order valence-electron chi connectivity index (χ3n) is 5.15. The van der Waals surface area contributed by atoms with Gasteiger partial charge in [-0.2, -0.15) is 32.9 Å². The first kappa shape index (κ1) is 22.1. The van der Waals surface area contributed by atoms with Crippen LogP contribution in [0.4, 0.5) is 23.2 Å². The number of carbonyl (C=O) groups excluding carboxylic acids is 1. The van der Waals surface area contributed by atoms with Crippen LogP contribution >= 0.6 is 0 Å². The van der Waals surface area contributed by atoms with Gasteiger partial charge in [0.15, 0.2) is 11.5 Å². The van der Waals surface area contributed by atoms with Crippen LogP contribution in [0.1, 0.15) is 21.6 Å². The minimum atomic E-state index is -4.96. The number of amides is 1. The second-order valence-corrected chi connectivity index (χ2v) is 7.43. The van der Waals surface area contributed by atoms with Gasteiger partial charge in [0, 0.05) is 10.8 Å². The Hall–Kier alpha value is -4.68. The predicted molar refractivity (Wildman–Crippen MR) is 116 cm³/mol. The van der Waals surface area contributed by atoms with E-state index in [1.54, 1.807) is 13.0 Å². The molecule has 1 amide bonds. The Morgan fingerprint density at radius 2 is 1.69 bits per heavy atom. The first-order valence-corrected chi connectivity index (χ1v) is 10.1. The largest absolute Gasteiger partial charge is 0.434 e. The summed E-state index contributed by atoms with van der Waals surface area (Å²) in [7, 11) is 0. The lowest BCUT2D eigenvalue weighted by Crippen LogP contribution is -2.21. The summed E-state index contributed by atoms with van der Waals surface area (Å²) >= 11 is 0. The first-order chi connectivity index (χ1) is 16.7. The average Bonchev–Trinajstić information content (AvgIpc) is 3.50. The van der Waals surface area contributed by atoms with Gasteiger partial charge in [-0.05, 0) is 24.6 Å². The van der Waals surface area contributed by atoms with Crippen LogP contribution < -0.4 is 5.32 Å². The molecule has 9 nitrogen and oxygen atoms in total. The zero-order chi connectivity index (χ0) is 24.7. The van der Waals surface area contributed by atoms with E-state index in [0.717, 1.165) is 12.4 Å². The van der Waals surface area contributed by atoms with Gasteiger partial charge in [0.2, 0.25) is 5.95 Å². The molecule has 0 aliphatic heterocycles. The van der Waals surface area contributed by atoms with Crippen molar-refractivity contribution in [1.29, 1.82) is 0 Å². The molecular formula is C22H14F4N8O. The maximum Gasteiger partial charge on any atom is 0.434 e. The molecule has 0 spiro atoms. The molecule has 176 valence electrons. The van der Waals surface area contributed by atoms with E-state index >= 15 is 0 Å². The van der Waals surface area contributed by atoms with E-state index in [9.17, 15) is 22.4 Å². The monoisotopic (exact) mass is 482 g/mol. The number of rotatable bonds is 4.